The number of carboxylic acid groups (broad SMARTS) is 1. The van der Waals surface area contributed by atoms with Gasteiger partial charge >= 0.3 is 5.97 Å². The highest BCUT2D eigenvalue weighted by Gasteiger charge is 2.31. The summed E-state index contributed by atoms with van der Waals surface area (Å²) in [5.74, 6) is -1.34. The third-order valence-corrected chi connectivity index (χ3v) is 5.14. The van der Waals surface area contributed by atoms with Crippen LogP contribution in [0.15, 0.2) is 17.5 Å². The predicted molar refractivity (Wildman–Crippen MR) is 61.8 cm³/mol. The van der Waals surface area contributed by atoms with Crippen molar-refractivity contribution in [3.05, 3.63) is 22.4 Å². The molecule has 0 saturated carbocycles. The Morgan fingerprint density at radius 2 is 2.25 bits per heavy atom. The van der Waals surface area contributed by atoms with Crippen LogP contribution in [0.2, 0.25) is 0 Å². The molecule has 0 bridgehead atoms. The van der Waals surface area contributed by atoms with Gasteiger partial charge in [-0.3, -0.25) is 4.79 Å². The summed E-state index contributed by atoms with van der Waals surface area (Å²) < 4.78 is 24.6. The minimum Gasteiger partial charge on any atom is -0.480 e. The highest BCUT2D eigenvalue weighted by molar-refractivity contribution is 7.90. The average Bonchev–Trinajstić information content (AvgIpc) is 2.68. The molecule has 0 aliphatic heterocycles. The topological polar surface area (TPSA) is 74.7 Å². The number of aliphatic carboxylic acids is 1. The van der Waals surface area contributed by atoms with Crippen molar-refractivity contribution in [1.82, 2.24) is 4.31 Å². The largest absolute Gasteiger partial charge is 0.480 e. The minimum atomic E-state index is -3.77. The fourth-order valence-corrected chi connectivity index (χ4v) is 3.06. The normalized spacial score (nSPS) is 13.9. The molecule has 90 valence electrons. The lowest BCUT2D eigenvalue weighted by Crippen LogP contribution is -2.38. The monoisotopic (exact) mass is 263 g/mol. The summed E-state index contributed by atoms with van der Waals surface area (Å²) in [5, 5.41) is 9.11. The second-order valence-electron chi connectivity index (χ2n) is 3.36. The van der Waals surface area contributed by atoms with E-state index in [1.54, 1.807) is 0 Å². The first-order chi connectivity index (χ1) is 7.35. The second-order valence-corrected chi connectivity index (χ2v) is 6.75. The van der Waals surface area contributed by atoms with Gasteiger partial charge in [0.15, 0.2) is 5.25 Å². The van der Waals surface area contributed by atoms with E-state index >= 15 is 0 Å². The van der Waals surface area contributed by atoms with Crippen LogP contribution in [-0.2, 0) is 21.4 Å². The summed E-state index contributed by atoms with van der Waals surface area (Å²) in [6.07, 6.45) is 0. The smallest absolute Gasteiger partial charge is 0.323 e. The van der Waals surface area contributed by atoms with E-state index in [4.69, 9.17) is 5.11 Å². The quantitative estimate of drug-likeness (QED) is 0.859. The Balaban J connectivity index is 2.81. The maximum absolute atomic E-state index is 11.7. The van der Waals surface area contributed by atoms with Gasteiger partial charge < -0.3 is 5.11 Å². The Hall–Kier alpha value is -0.920. The van der Waals surface area contributed by atoms with Crippen molar-refractivity contribution in [3.8, 4) is 0 Å². The molecule has 1 aromatic rings. The SMILES string of the molecule is CC(C(=O)O)S(=O)(=O)N(C)Cc1cccs1. The highest BCUT2D eigenvalue weighted by atomic mass is 32.2. The number of rotatable bonds is 5. The summed E-state index contributed by atoms with van der Waals surface area (Å²) in [5.41, 5.74) is 0. The molecular weight excluding hydrogens is 250 g/mol. The lowest BCUT2D eigenvalue weighted by Gasteiger charge is -2.18. The van der Waals surface area contributed by atoms with Crippen molar-refractivity contribution in [2.45, 2.75) is 18.7 Å². The van der Waals surface area contributed by atoms with E-state index in [2.05, 4.69) is 0 Å². The van der Waals surface area contributed by atoms with Gasteiger partial charge in [0.05, 0.1) is 0 Å². The van der Waals surface area contributed by atoms with E-state index in [0.717, 1.165) is 9.18 Å². The molecule has 0 fully saturated rings. The first-order valence-corrected chi connectivity index (χ1v) is 6.94. The van der Waals surface area contributed by atoms with Gasteiger partial charge in [-0.1, -0.05) is 6.07 Å². The molecule has 0 amide bonds. The lowest BCUT2D eigenvalue weighted by atomic mass is 10.5. The predicted octanol–water partition coefficient (Wildman–Crippen LogP) is 0.983. The van der Waals surface area contributed by atoms with Gasteiger partial charge in [-0.15, -0.1) is 11.3 Å². The van der Waals surface area contributed by atoms with Crippen molar-refractivity contribution < 1.29 is 18.3 Å². The van der Waals surface area contributed by atoms with Crippen LogP contribution in [0.1, 0.15) is 11.8 Å². The Morgan fingerprint density at radius 3 is 2.69 bits per heavy atom. The van der Waals surface area contributed by atoms with Gasteiger partial charge in [-0.2, -0.15) is 4.31 Å². The molecule has 1 rings (SSSR count). The summed E-state index contributed by atoms with van der Waals surface area (Å²) >= 11 is 1.43. The van der Waals surface area contributed by atoms with Crippen LogP contribution in [-0.4, -0.2) is 36.1 Å². The molecule has 1 atom stereocenters. The number of carboxylic acids is 1. The molecule has 0 saturated heterocycles. The molecule has 0 aromatic carbocycles. The Labute approximate surface area is 98.4 Å². The maximum Gasteiger partial charge on any atom is 0.323 e. The number of nitrogens with zero attached hydrogens (tertiary/aromatic N) is 1. The number of hydrogen-bond donors (Lipinski definition) is 1. The fraction of sp³-hybridized carbons (Fsp3) is 0.444. The zero-order valence-corrected chi connectivity index (χ0v) is 10.6. The Bertz CT molecular complexity index is 452. The summed E-state index contributed by atoms with van der Waals surface area (Å²) in [6.45, 7) is 1.38. The Morgan fingerprint density at radius 1 is 1.62 bits per heavy atom. The molecule has 16 heavy (non-hydrogen) atoms. The molecule has 5 nitrogen and oxygen atoms in total. The van der Waals surface area contributed by atoms with E-state index in [-0.39, 0.29) is 6.54 Å². The van der Waals surface area contributed by atoms with Crippen LogP contribution in [0.5, 0.6) is 0 Å². The highest BCUT2D eigenvalue weighted by Crippen LogP contribution is 2.15. The first kappa shape index (κ1) is 13.1. The van der Waals surface area contributed by atoms with E-state index in [0.29, 0.717) is 0 Å². The lowest BCUT2D eigenvalue weighted by molar-refractivity contribution is -0.136. The van der Waals surface area contributed by atoms with E-state index < -0.39 is 21.2 Å². The first-order valence-electron chi connectivity index (χ1n) is 4.56. The number of sulfonamides is 1. The second kappa shape index (κ2) is 4.94. The third kappa shape index (κ3) is 2.81. The van der Waals surface area contributed by atoms with Gasteiger partial charge in [0.2, 0.25) is 10.0 Å². The molecule has 1 aromatic heterocycles. The number of carbonyl (C=O) groups is 1. The van der Waals surface area contributed by atoms with Crippen LogP contribution in [0.4, 0.5) is 0 Å². The maximum atomic E-state index is 11.7. The zero-order valence-electron chi connectivity index (χ0n) is 8.95. The van der Waals surface area contributed by atoms with Crippen LogP contribution in [0.3, 0.4) is 0 Å². The van der Waals surface area contributed by atoms with Crippen LogP contribution >= 0.6 is 11.3 Å². The minimum absolute atomic E-state index is 0.206. The van der Waals surface area contributed by atoms with Gasteiger partial charge in [0, 0.05) is 18.5 Å². The summed E-state index contributed by atoms with van der Waals surface area (Å²) in [7, 11) is -2.39. The molecule has 7 heteroatoms. The summed E-state index contributed by atoms with van der Waals surface area (Å²) in [4.78, 5) is 11.5. The molecule has 0 aliphatic rings. The van der Waals surface area contributed by atoms with Gasteiger partial charge in [-0.05, 0) is 18.4 Å². The van der Waals surface area contributed by atoms with Gasteiger partial charge in [-0.25, -0.2) is 8.42 Å². The molecule has 1 heterocycles. The van der Waals surface area contributed by atoms with Crippen LogP contribution < -0.4 is 0 Å². The molecular formula is C9H13NO4S2. The van der Waals surface area contributed by atoms with Crippen molar-refractivity contribution in [2.75, 3.05) is 7.05 Å². The zero-order chi connectivity index (χ0) is 12.3. The molecule has 0 radical (unpaired) electrons. The average molecular weight is 263 g/mol. The van der Waals surface area contributed by atoms with Crippen LogP contribution in [0.25, 0.3) is 0 Å². The number of hydrogen-bond acceptors (Lipinski definition) is 4. The van der Waals surface area contributed by atoms with E-state index in [1.807, 2.05) is 17.5 Å². The third-order valence-electron chi connectivity index (χ3n) is 2.19. The van der Waals surface area contributed by atoms with E-state index in [1.165, 1.54) is 25.3 Å². The van der Waals surface area contributed by atoms with Crippen molar-refractivity contribution in [1.29, 1.82) is 0 Å². The standard InChI is InChI=1S/C9H13NO4S2/c1-7(9(11)12)16(13,14)10(2)6-8-4-3-5-15-8/h3-5,7H,6H2,1-2H3,(H,11,12). The summed E-state index contributed by atoms with van der Waals surface area (Å²) in [6, 6.07) is 3.63. The van der Waals surface area contributed by atoms with Crippen LogP contribution in [0, 0.1) is 0 Å². The van der Waals surface area contributed by atoms with Crippen molar-refractivity contribution >= 4 is 27.3 Å². The van der Waals surface area contributed by atoms with Crippen molar-refractivity contribution in [3.63, 3.8) is 0 Å². The van der Waals surface area contributed by atoms with Crippen molar-refractivity contribution in [2.24, 2.45) is 0 Å². The number of thiophene rings is 1. The van der Waals surface area contributed by atoms with E-state index in [9.17, 15) is 13.2 Å². The van der Waals surface area contributed by atoms with Gasteiger partial charge in [0.25, 0.3) is 0 Å². The Kier molecular flexibility index (Phi) is 4.06. The molecule has 1 N–H and O–H groups in total. The molecule has 0 aliphatic carbocycles. The molecule has 1 unspecified atom stereocenters. The molecule has 0 spiro atoms. The van der Waals surface area contributed by atoms with Gasteiger partial charge in [0.1, 0.15) is 0 Å². The fourth-order valence-electron chi connectivity index (χ4n) is 1.11.